The van der Waals surface area contributed by atoms with Crippen LogP contribution in [0.15, 0.2) is 0 Å². The molecule has 82 valence electrons. The van der Waals surface area contributed by atoms with Crippen LogP contribution in [-0.4, -0.2) is 38.0 Å². The average Bonchev–Trinajstić information content (AvgIpc) is 2.12. The molecule has 0 unspecified atom stereocenters. The van der Waals surface area contributed by atoms with Gasteiger partial charge in [-0.05, 0) is 20.9 Å². The highest BCUT2D eigenvalue weighted by Gasteiger charge is 2.27. The van der Waals surface area contributed by atoms with E-state index in [0.717, 1.165) is 0 Å². The fourth-order valence-electron chi connectivity index (χ4n) is 1.02. The highest BCUT2D eigenvalue weighted by molar-refractivity contribution is 5.90. The zero-order valence-electron chi connectivity index (χ0n) is 9.23. The Labute approximate surface area is 84.6 Å². The smallest absolute Gasteiger partial charge is 0.244 e. The van der Waals surface area contributed by atoms with Gasteiger partial charge in [0.2, 0.25) is 11.8 Å². The Morgan fingerprint density at radius 3 is 2.21 bits per heavy atom. The molecule has 0 spiro atoms. The number of carbonyl (C=O) groups is 2. The predicted molar refractivity (Wildman–Crippen MR) is 54.8 cm³/mol. The summed E-state index contributed by atoms with van der Waals surface area (Å²) in [6.45, 7) is 3.95. The van der Waals surface area contributed by atoms with Gasteiger partial charge in [0.25, 0.3) is 0 Å². The number of nitrogens with one attached hydrogen (secondary N) is 3. The molecular formula is C9H19N3O2. The Bertz CT molecular complexity index is 214. The van der Waals surface area contributed by atoms with Crippen molar-refractivity contribution < 1.29 is 9.59 Å². The molecule has 0 saturated carbocycles. The third-order valence-electron chi connectivity index (χ3n) is 1.85. The second kappa shape index (κ2) is 5.59. The van der Waals surface area contributed by atoms with Crippen molar-refractivity contribution in [1.82, 2.24) is 16.0 Å². The molecule has 0 aliphatic heterocycles. The van der Waals surface area contributed by atoms with Gasteiger partial charge in [-0.1, -0.05) is 0 Å². The molecule has 0 radical (unpaired) electrons. The number of hydrogen-bond acceptors (Lipinski definition) is 3. The molecule has 0 rings (SSSR count). The lowest BCUT2D eigenvalue weighted by Gasteiger charge is -2.24. The van der Waals surface area contributed by atoms with Crippen molar-refractivity contribution in [3.05, 3.63) is 0 Å². The van der Waals surface area contributed by atoms with E-state index in [1.54, 1.807) is 27.9 Å². The molecule has 0 aliphatic rings. The first-order valence-corrected chi connectivity index (χ1v) is 4.62. The summed E-state index contributed by atoms with van der Waals surface area (Å²) >= 11 is 0. The number of carbonyl (C=O) groups excluding carboxylic acids is 2. The van der Waals surface area contributed by atoms with Crippen LogP contribution in [0.3, 0.4) is 0 Å². The van der Waals surface area contributed by atoms with Gasteiger partial charge in [0.1, 0.15) is 5.54 Å². The van der Waals surface area contributed by atoms with Crippen LogP contribution in [0, 0.1) is 0 Å². The summed E-state index contributed by atoms with van der Waals surface area (Å²) in [5.74, 6) is -0.330. The molecule has 0 heterocycles. The second-order valence-corrected chi connectivity index (χ2v) is 3.61. The van der Waals surface area contributed by atoms with Crippen molar-refractivity contribution in [3.8, 4) is 0 Å². The lowest BCUT2D eigenvalue weighted by Crippen LogP contribution is -2.54. The normalized spacial score (nSPS) is 10.9. The lowest BCUT2D eigenvalue weighted by atomic mass is 10.0. The van der Waals surface area contributed by atoms with E-state index in [-0.39, 0.29) is 11.8 Å². The maximum Gasteiger partial charge on any atom is 0.244 e. The minimum atomic E-state index is -0.848. The molecule has 14 heavy (non-hydrogen) atoms. The van der Waals surface area contributed by atoms with Crippen LogP contribution < -0.4 is 16.0 Å². The van der Waals surface area contributed by atoms with E-state index in [0.29, 0.717) is 13.0 Å². The SMILES string of the molecule is CNCCC(=O)NC(C)(C)C(=O)NC. The zero-order chi connectivity index (χ0) is 11.2. The van der Waals surface area contributed by atoms with E-state index in [4.69, 9.17) is 0 Å². The van der Waals surface area contributed by atoms with Crippen molar-refractivity contribution in [1.29, 1.82) is 0 Å². The Hall–Kier alpha value is -1.10. The molecule has 0 aromatic carbocycles. The summed E-state index contributed by atoms with van der Waals surface area (Å²) in [4.78, 5) is 22.6. The van der Waals surface area contributed by atoms with Crippen molar-refractivity contribution in [3.63, 3.8) is 0 Å². The van der Waals surface area contributed by atoms with Crippen LogP contribution in [0.2, 0.25) is 0 Å². The van der Waals surface area contributed by atoms with Crippen LogP contribution in [-0.2, 0) is 9.59 Å². The van der Waals surface area contributed by atoms with Gasteiger partial charge in [0.15, 0.2) is 0 Å². The van der Waals surface area contributed by atoms with Crippen LogP contribution >= 0.6 is 0 Å². The predicted octanol–water partition coefficient (Wildman–Crippen LogP) is -0.763. The Morgan fingerprint density at radius 1 is 1.21 bits per heavy atom. The van der Waals surface area contributed by atoms with E-state index in [1.807, 2.05) is 0 Å². The van der Waals surface area contributed by atoms with Crippen molar-refractivity contribution in [2.45, 2.75) is 25.8 Å². The maximum atomic E-state index is 11.3. The van der Waals surface area contributed by atoms with Gasteiger partial charge in [-0.2, -0.15) is 0 Å². The highest BCUT2D eigenvalue weighted by atomic mass is 16.2. The molecule has 0 bridgehead atoms. The molecule has 0 aromatic heterocycles. The van der Waals surface area contributed by atoms with Crippen molar-refractivity contribution in [2.24, 2.45) is 0 Å². The van der Waals surface area contributed by atoms with Gasteiger partial charge in [0, 0.05) is 20.0 Å². The number of likely N-dealkylation sites (N-methyl/N-ethyl adjacent to an activating group) is 1. The first-order valence-electron chi connectivity index (χ1n) is 4.62. The highest BCUT2D eigenvalue weighted by Crippen LogP contribution is 2.01. The Kier molecular flexibility index (Phi) is 5.15. The summed E-state index contributed by atoms with van der Waals surface area (Å²) in [6.07, 6.45) is 0.372. The Balaban J connectivity index is 4.08. The molecule has 0 aliphatic carbocycles. The maximum absolute atomic E-state index is 11.3. The third-order valence-corrected chi connectivity index (χ3v) is 1.85. The fourth-order valence-corrected chi connectivity index (χ4v) is 1.02. The molecule has 0 atom stereocenters. The van der Waals surface area contributed by atoms with Gasteiger partial charge in [-0.25, -0.2) is 0 Å². The monoisotopic (exact) mass is 201 g/mol. The van der Waals surface area contributed by atoms with Crippen molar-refractivity contribution >= 4 is 11.8 Å². The number of rotatable bonds is 5. The summed E-state index contributed by atoms with van der Waals surface area (Å²) in [7, 11) is 3.32. The van der Waals surface area contributed by atoms with E-state index in [1.165, 1.54) is 0 Å². The molecule has 2 amide bonds. The van der Waals surface area contributed by atoms with Gasteiger partial charge < -0.3 is 16.0 Å². The summed E-state index contributed by atoms with van der Waals surface area (Å²) in [6, 6.07) is 0. The molecule has 0 aromatic rings. The van der Waals surface area contributed by atoms with Gasteiger partial charge in [-0.15, -0.1) is 0 Å². The molecular weight excluding hydrogens is 182 g/mol. The standard InChI is InChI=1S/C9H19N3O2/c1-9(2,8(14)11-4)12-7(13)5-6-10-3/h10H,5-6H2,1-4H3,(H,11,14)(H,12,13). The van der Waals surface area contributed by atoms with E-state index < -0.39 is 5.54 Å². The quantitative estimate of drug-likeness (QED) is 0.547. The first kappa shape index (κ1) is 12.9. The van der Waals surface area contributed by atoms with Crippen LogP contribution in [0.25, 0.3) is 0 Å². The molecule has 0 saturated heterocycles. The molecule has 5 heteroatoms. The molecule has 3 N–H and O–H groups in total. The van der Waals surface area contributed by atoms with Gasteiger partial charge in [0.05, 0.1) is 0 Å². The van der Waals surface area contributed by atoms with Crippen LogP contribution in [0.1, 0.15) is 20.3 Å². The van der Waals surface area contributed by atoms with Gasteiger partial charge >= 0.3 is 0 Å². The van der Waals surface area contributed by atoms with E-state index in [2.05, 4.69) is 16.0 Å². The molecule has 0 fully saturated rings. The zero-order valence-corrected chi connectivity index (χ0v) is 9.23. The summed E-state index contributed by atoms with van der Waals surface area (Å²) in [5.41, 5.74) is -0.848. The lowest BCUT2D eigenvalue weighted by molar-refractivity contribution is -0.131. The minimum Gasteiger partial charge on any atom is -0.357 e. The topological polar surface area (TPSA) is 70.2 Å². The third kappa shape index (κ3) is 4.23. The second-order valence-electron chi connectivity index (χ2n) is 3.61. The van der Waals surface area contributed by atoms with E-state index in [9.17, 15) is 9.59 Å². The van der Waals surface area contributed by atoms with E-state index >= 15 is 0 Å². The summed E-state index contributed by atoms with van der Waals surface area (Å²) < 4.78 is 0. The summed E-state index contributed by atoms with van der Waals surface area (Å²) in [5, 5.41) is 8.01. The van der Waals surface area contributed by atoms with Crippen molar-refractivity contribution in [2.75, 3.05) is 20.6 Å². The minimum absolute atomic E-state index is 0.132. The molecule has 5 nitrogen and oxygen atoms in total. The first-order chi connectivity index (χ1) is 6.44. The largest absolute Gasteiger partial charge is 0.357 e. The Morgan fingerprint density at radius 2 is 1.79 bits per heavy atom. The number of amides is 2. The average molecular weight is 201 g/mol. The number of hydrogen-bond donors (Lipinski definition) is 3. The van der Waals surface area contributed by atoms with Crippen LogP contribution in [0.4, 0.5) is 0 Å². The fraction of sp³-hybridized carbons (Fsp3) is 0.778. The van der Waals surface area contributed by atoms with Gasteiger partial charge in [-0.3, -0.25) is 9.59 Å². The van der Waals surface area contributed by atoms with Crippen LogP contribution in [0.5, 0.6) is 0 Å².